The van der Waals surface area contributed by atoms with Crippen LogP contribution in [0.2, 0.25) is 0 Å². The average molecular weight is 472 g/mol. The van der Waals surface area contributed by atoms with E-state index in [0.717, 1.165) is 25.9 Å². The fraction of sp³-hybridized carbons (Fsp3) is 0.652. The molecule has 0 aliphatic carbocycles. The fourth-order valence-electron chi connectivity index (χ4n) is 4.23. The van der Waals surface area contributed by atoms with Gasteiger partial charge >= 0.3 is 6.36 Å². The van der Waals surface area contributed by atoms with E-state index in [9.17, 15) is 22.8 Å². The van der Waals surface area contributed by atoms with E-state index in [1.165, 1.54) is 24.3 Å². The Bertz CT molecular complexity index is 808. The van der Waals surface area contributed by atoms with Gasteiger partial charge in [0.25, 0.3) is 0 Å². The van der Waals surface area contributed by atoms with Gasteiger partial charge in [-0.25, -0.2) is 0 Å². The molecule has 1 unspecified atom stereocenters. The van der Waals surface area contributed by atoms with Crippen molar-refractivity contribution >= 4 is 11.8 Å². The Morgan fingerprint density at radius 2 is 1.76 bits per heavy atom. The number of likely N-dealkylation sites (tertiary alicyclic amines) is 1. The van der Waals surface area contributed by atoms with Gasteiger partial charge in [-0.1, -0.05) is 12.1 Å². The number of alkyl halides is 3. The lowest BCUT2D eigenvalue weighted by Crippen LogP contribution is -2.46. The molecule has 7 nitrogen and oxygen atoms in total. The summed E-state index contributed by atoms with van der Waals surface area (Å²) in [4.78, 5) is 31.5. The van der Waals surface area contributed by atoms with Crippen LogP contribution in [-0.2, 0) is 20.9 Å². The molecular formula is C23H32F3N3O4. The van der Waals surface area contributed by atoms with Crippen molar-refractivity contribution in [1.29, 1.82) is 0 Å². The van der Waals surface area contributed by atoms with Gasteiger partial charge in [-0.3, -0.25) is 9.59 Å². The molecule has 2 heterocycles. The molecule has 0 radical (unpaired) electrons. The van der Waals surface area contributed by atoms with E-state index in [1.807, 2.05) is 20.9 Å². The van der Waals surface area contributed by atoms with E-state index in [2.05, 4.69) is 9.64 Å². The summed E-state index contributed by atoms with van der Waals surface area (Å²) < 4.78 is 47.0. The first-order valence-corrected chi connectivity index (χ1v) is 11.2. The third-order valence-electron chi connectivity index (χ3n) is 6.12. The van der Waals surface area contributed by atoms with Crippen LogP contribution in [0.5, 0.6) is 5.75 Å². The molecule has 2 aliphatic rings. The Morgan fingerprint density at radius 3 is 2.33 bits per heavy atom. The smallest absolute Gasteiger partial charge is 0.406 e. The maximum atomic E-state index is 13.2. The summed E-state index contributed by atoms with van der Waals surface area (Å²) >= 11 is 0. The van der Waals surface area contributed by atoms with Crippen LogP contribution < -0.4 is 4.74 Å². The van der Waals surface area contributed by atoms with Crippen molar-refractivity contribution in [3.05, 3.63) is 29.8 Å². The van der Waals surface area contributed by atoms with Crippen LogP contribution in [0.25, 0.3) is 0 Å². The Morgan fingerprint density at radius 1 is 1.12 bits per heavy atom. The Hall–Kier alpha value is -2.33. The Kier molecular flexibility index (Phi) is 8.23. The number of hydrogen-bond donors (Lipinski definition) is 0. The van der Waals surface area contributed by atoms with E-state index >= 15 is 0 Å². The van der Waals surface area contributed by atoms with Gasteiger partial charge in [0.05, 0.1) is 19.3 Å². The van der Waals surface area contributed by atoms with Crippen molar-refractivity contribution in [1.82, 2.24) is 14.7 Å². The van der Waals surface area contributed by atoms with Crippen LogP contribution in [0.1, 0.15) is 32.3 Å². The van der Waals surface area contributed by atoms with Crippen molar-refractivity contribution in [2.45, 2.75) is 51.8 Å². The van der Waals surface area contributed by atoms with Gasteiger partial charge in [-0.05, 0) is 64.5 Å². The molecule has 0 aromatic heterocycles. The normalized spacial score (nSPS) is 21.4. The zero-order chi connectivity index (χ0) is 24.2. The predicted octanol–water partition coefficient (Wildman–Crippen LogP) is 2.89. The van der Waals surface area contributed by atoms with Crippen molar-refractivity contribution in [2.75, 3.05) is 39.8 Å². The first kappa shape index (κ1) is 25.3. The molecule has 2 aliphatic heterocycles. The van der Waals surface area contributed by atoms with Crippen LogP contribution in [0.15, 0.2) is 24.3 Å². The monoisotopic (exact) mass is 471 g/mol. The number of ether oxygens (including phenoxy) is 2. The lowest BCUT2D eigenvalue weighted by Gasteiger charge is -2.32. The Labute approximate surface area is 192 Å². The standard InChI is InChI=1S/C23H32F3N3O4/c1-16(2)29-13-20(32-15-17-4-6-19(7-5-17)33-23(24,25)26)12-28(14-21(29)30)22(31)18-8-10-27(3)11-9-18/h4-7,16,18,20H,8-15H2,1-3H3. The molecule has 1 aromatic carbocycles. The Balaban J connectivity index is 1.65. The van der Waals surface area contributed by atoms with Crippen molar-refractivity contribution in [3.8, 4) is 5.75 Å². The topological polar surface area (TPSA) is 62.3 Å². The molecule has 0 spiro atoms. The molecule has 0 N–H and O–H groups in total. The number of piperidine rings is 1. The lowest BCUT2D eigenvalue weighted by molar-refractivity contribution is -0.274. The molecule has 0 bridgehead atoms. The van der Waals surface area contributed by atoms with Crippen LogP contribution >= 0.6 is 0 Å². The highest BCUT2D eigenvalue weighted by atomic mass is 19.4. The summed E-state index contributed by atoms with van der Waals surface area (Å²) in [6, 6.07) is 5.44. The number of amides is 2. The third kappa shape index (κ3) is 7.33. The van der Waals surface area contributed by atoms with Gasteiger partial charge in [0, 0.05) is 25.0 Å². The van der Waals surface area contributed by atoms with Gasteiger partial charge in [-0.15, -0.1) is 13.2 Å². The number of halogens is 3. The van der Waals surface area contributed by atoms with Gasteiger partial charge in [0.1, 0.15) is 5.75 Å². The second kappa shape index (κ2) is 10.7. The highest BCUT2D eigenvalue weighted by molar-refractivity contribution is 5.86. The highest BCUT2D eigenvalue weighted by Crippen LogP contribution is 2.24. The van der Waals surface area contributed by atoms with Gasteiger partial charge in [0.15, 0.2) is 0 Å². The molecule has 1 aromatic rings. The molecule has 33 heavy (non-hydrogen) atoms. The first-order chi connectivity index (χ1) is 15.5. The number of nitrogens with zero attached hydrogens (tertiary/aromatic N) is 3. The summed E-state index contributed by atoms with van der Waals surface area (Å²) in [6.45, 7) is 6.37. The zero-order valence-corrected chi connectivity index (χ0v) is 19.3. The molecular weight excluding hydrogens is 439 g/mol. The van der Waals surface area contributed by atoms with Crippen molar-refractivity contribution < 1.29 is 32.2 Å². The number of carbonyl (C=O) groups is 2. The molecule has 2 saturated heterocycles. The van der Waals surface area contributed by atoms with Crippen LogP contribution in [0, 0.1) is 5.92 Å². The maximum Gasteiger partial charge on any atom is 0.573 e. The molecule has 10 heteroatoms. The minimum atomic E-state index is -4.74. The van der Waals surface area contributed by atoms with Crippen molar-refractivity contribution in [3.63, 3.8) is 0 Å². The second-order valence-electron chi connectivity index (χ2n) is 9.06. The molecule has 0 saturated carbocycles. The van der Waals surface area contributed by atoms with Gasteiger partial charge < -0.3 is 24.2 Å². The van der Waals surface area contributed by atoms with Crippen molar-refractivity contribution in [2.24, 2.45) is 5.92 Å². The molecule has 1 atom stereocenters. The lowest BCUT2D eigenvalue weighted by atomic mass is 9.95. The van der Waals surface area contributed by atoms with Crippen LogP contribution in [-0.4, -0.2) is 84.8 Å². The molecule has 2 fully saturated rings. The minimum absolute atomic E-state index is 0.00990. The fourth-order valence-corrected chi connectivity index (χ4v) is 4.23. The van der Waals surface area contributed by atoms with E-state index in [0.29, 0.717) is 18.7 Å². The van der Waals surface area contributed by atoms with E-state index < -0.39 is 12.5 Å². The van der Waals surface area contributed by atoms with Crippen LogP contribution in [0.4, 0.5) is 13.2 Å². The van der Waals surface area contributed by atoms with Crippen LogP contribution in [0.3, 0.4) is 0 Å². The number of hydrogen-bond acceptors (Lipinski definition) is 5. The SMILES string of the molecule is CC(C)N1CC(OCc2ccc(OC(F)(F)F)cc2)CN(C(=O)C2CCN(C)CC2)CC1=O. The predicted molar refractivity (Wildman–Crippen MR) is 115 cm³/mol. The van der Waals surface area contributed by atoms with Gasteiger partial charge in [0.2, 0.25) is 11.8 Å². The largest absolute Gasteiger partial charge is 0.573 e. The number of carbonyl (C=O) groups excluding carboxylic acids is 2. The van der Waals surface area contributed by atoms with E-state index in [-0.39, 0.29) is 42.7 Å². The highest BCUT2D eigenvalue weighted by Gasteiger charge is 2.35. The summed E-state index contributed by atoms with van der Waals surface area (Å²) in [6.07, 6.45) is -3.60. The molecule has 2 amide bonds. The summed E-state index contributed by atoms with van der Waals surface area (Å²) in [7, 11) is 2.03. The van der Waals surface area contributed by atoms with Gasteiger partial charge in [-0.2, -0.15) is 0 Å². The summed E-state index contributed by atoms with van der Waals surface area (Å²) in [5.74, 6) is -0.510. The first-order valence-electron chi connectivity index (χ1n) is 11.2. The number of rotatable bonds is 6. The minimum Gasteiger partial charge on any atom is -0.406 e. The maximum absolute atomic E-state index is 13.2. The molecule has 184 valence electrons. The summed E-state index contributed by atoms with van der Waals surface area (Å²) in [5.41, 5.74) is 0.671. The van der Waals surface area contributed by atoms with E-state index in [4.69, 9.17) is 4.74 Å². The quantitative estimate of drug-likeness (QED) is 0.639. The zero-order valence-electron chi connectivity index (χ0n) is 19.3. The van der Waals surface area contributed by atoms with E-state index in [1.54, 1.807) is 9.80 Å². The molecule has 3 rings (SSSR count). The third-order valence-corrected chi connectivity index (χ3v) is 6.12. The number of benzene rings is 1. The second-order valence-corrected chi connectivity index (χ2v) is 9.06. The summed E-state index contributed by atoms with van der Waals surface area (Å²) in [5, 5.41) is 0. The average Bonchev–Trinajstić information content (AvgIpc) is 2.91.